The zero-order valence-corrected chi connectivity index (χ0v) is 11.4. The van der Waals surface area contributed by atoms with Crippen LogP contribution in [0.2, 0.25) is 0 Å². The third-order valence-corrected chi connectivity index (χ3v) is 4.03. The Kier molecular flexibility index (Phi) is 3.98. The fourth-order valence-corrected chi connectivity index (χ4v) is 2.64. The molecule has 2 heteroatoms. The van der Waals surface area contributed by atoms with Crippen LogP contribution in [0.3, 0.4) is 0 Å². The Labute approximate surface area is 104 Å². The van der Waals surface area contributed by atoms with Gasteiger partial charge in [-0.15, -0.1) is 6.58 Å². The van der Waals surface area contributed by atoms with Crippen molar-refractivity contribution in [2.45, 2.75) is 46.1 Å². The van der Waals surface area contributed by atoms with Crippen LogP contribution in [0, 0.1) is 17.3 Å². The van der Waals surface area contributed by atoms with Gasteiger partial charge >= 0.3 is 0 Å². The molecule has 0 aromatic heterocycles. The van der Waals surface area contributed by atoms with E-state index < -0.39 is 11.0 Å². The minimum Gasteiger partial charge on any atom is -0.385 e. The van der Waals surface area contributed by atoms with E-state index in [2.05, 4.69) is 6.58 Å². The summed E-state index contributed by atoms with van der Waals surface area (Å²) in [4.78, 5) is 11.6. The van der Waals surface area contributed by atoms with Gasteiger partial charge in [0.15, 0.2) is 0 Å². The molecule has 0 radical (unpaired) electrons. The zero-order chi connectivity index (χ0) is 13.3. The first kappa shape index (κ1) is 14.2. The molecule has 0 aliphatic heterocycles. The summed E-state index contributed by atoms with van der Waals surface area (Å²) in [5.41, 5.74) is -1.31. The van der Waals surface area contributed by atoms with Crippen molar-refractivity contribution < 1.29 is 9.90 Å². The number of Topliss-reactive ketones (excluding diaryl/α,β-unsaturated/α-hetero) is 1. The van der Waals surface area contributed by atoms with Crippen molar-refractivity contribution in [3.8, 4) is 0 Å². The summed E-state index contributed by atoms with van der Waals surface area (Å²) in [6.07, 6.45) is 6.59. The maximum Gasteiger partial charge on any atom is 0.133 e. The number of rotatable bonds is 3. The monoisotopic (exact) mass is 236 g/mol. The number of allylic oxidation sites excluding steroid dienone is 2. The summed E-state index contributed by atoms with van der Waals surface area (Å²) in [5.74, 6) is 0.448. The number of ketones is 1. The largest absolute Gasteiger partial charge is 0.385 e. The lowest BCUT2D eigenvalue weighted by molar-refractivity contribution is -0.142. The molecular weight excluding hydrogens is 212 g/mol. The van der Waals surface area contributed by atoms with Crippen LogP contribution < -0.4 is 0 Å². The van der Waals surface area contributed by atoms with Crippen molar-refractivity contribution in [1.29, 1.82) is 0 Å². The topological polar surface area (TPSA) is 37.3 Å². The Hall–Kier alpha value is -0.890. The van der Waals surface area contributed by atoms with Gasteiger partial charge in [0.2, 0.25) is 0 Å². The van der Waals surface area contributed by atoms with E-state index in [-0.39, 0.29) is 17.6 Å². The van der Waals surface area contributed by atoms with Gasteiger partial charge in [0.1, 0.15) is 5.78 Å². The lowest BCUT2D eigenvalue weighted by Crippen LogP contribution is -2.53. The zero-order valence-electron chi connectivity index (χ0n) is 11.4. The van der Waals surface area contributed by atoms with Crippen LogP contribution in [0.5, 0.6) is 0 Å². The molecule has 0 aromatic carbocycles. The lowest BCUT2D eigenvalue weighted by Gasteiger charge is -2.48. The SMILES string of the molecule is C=CC(C)/C=C/C1(O)C(C)CC(=O)CC1(C)C. The smallest absolute Gasteiger partial charge is 0.133 e. The number of hydrogen-bond donors (Lipinski definition) is 1. The minimum absolute atomic E-state index is 0.0352. The number of hydrogen-bond acceptors (Lipinski definition) is 2. The van der Waals surface area contributed by atoms with Crippen LogP contribution in [0.25, 0.3) is 0 Å². The second-order valence-electron chi connectivity index (χ2n) is 5.98. The van der Waals surface area contributed by atoms with E-state index in [1.807, 2.05) is 45.9 Å². The molecule has 0 amide bonds. The highest BCUT2D eigenvalue weighted by atomic mass is 16.3. The van der Waals surface area contributed by atoms with Gasteiger partial charge in [-0.05, 0) is 11.8 Å². The molecular formula is C15H24O2. The first-order valence-corrected chi connectivity index (χ1v) is 6.29. The second-order valence-corrected chi connectivity index (χ2v) is 5.98. The third-order valence-electron chi connectivity index (χ3n) is 4.03. The molecule has 17 heavy (non-hydrogen) atoms. The highest BCUT2D eigenvalue weighted by molar-refractivity contribution is 5.81. The average Bonchev–Trinajstić information content (AvgIpc) is 2.22. The molecule has 2 nitrogen and oxygen atoms in total. The predicted octanol–water partition coefficient (Wildman–Crippen LogP) is 3.12. The summed E-state index contributed by atoms with van der Waals surface area (Å²) in [5, 5.41) is 10.9. The van der Waals surface area contributed by atoms with Crippen molar-refractivity contribution in [2.75, 3.05) is 0 Å². The summed E-state index contributed by atoms with van der Waals surface area (Å²) in [7, 11) is 0. The number of carbonyl (C=O) groups excluding carboxylic acids is 1. The third kappa shape index (κ3) is 2.68. The van der Waals surface area contributed by atoms with Crippen LogP contribution in [-0.4, -0.2) is 16.5 Å². The molecule has 0 spiro atoms. The summed E-state index contributed by atoms with van der Waals surface area (Å²) < 4.78 is 0. The van der Waals surface area contributed by atoms with E-state index in [0.717, 1.165) is 0 Å². The van der Waals surface area contributed by atoms with Gasteiger partial charge in [0.25, 0.3) is 0 Å². The van der Waals surface area contributed by atoms with Gasteiger partial charge in [0, 0.05) is 18.3 Å². The van der Waals surface area contributed by atoms with E-state index in [0.29, 0.717) is 12.8 Å². The first-order valence-electron chi connectivity index (χ1n) is 6.29. The number of aliphatic hydroxyl groups is 1. The highest BCUT2D eigenvalue weighted by Crippen LogP contribution is 2.46. The van der Waals surface area contributed by atoms with E-state index in [1.165, 1.54) is 0 Å². The maximum atomic E-state index is 11.6. The molecule has 1 N–H and O–H groups in total. The normalized spacial score (nSPS) is 34.9. The highest BCUT2D eigenvalue weighted by Gasteiger charge is 2.50. The Bertz CT molecular complexity index is 341. The Balaban J connectivity index is 3.01. The molecule has 1 aliphatic rings. The summed E-state index contributed by atoms with van der Waals surface area (Å²) in [6.45, 7) is 11.6. The van der Waals surface area contributed by atoms with E-state index in [4.69, 9.17) is 0 Å². The van der Waals surface area contributed by atoms with Gasteiger partial charge in [-0.2, -0.15) is 0 Å². The molecule has 1 aliphatic carbocycles. The molecule has 0 heterocycles. The van der Waals surface area contributed by atoms with E-state index in [1.54, 1.807) is 0 Å². The Morgan fingerprint density at radius 1 is 1.53 bits per heavy atom. The first-order chi connectivity index (χ1) is 7.73. The van der Waals surface area contributed by atoms with Gasteiger partial charge in [0.05, 0.1) is 5.60 Å². The molecule has 1 fully saturated rings. The molecule has 96 valence electrons. The summed E-state index contributed by atoms with van der Waals surface area (Å²) in [6, 6.07) is 0. The van der Waals surface area contributed by atoms with Gasteiger partial charge in [-0.1, -0.05) is 45.9 Å². The van der Waals surface area contributed by atoms with Gasteiger partial charge < -0.3 is 5.11 Å². The Morgan fingerprint density at radius 2 is 2.12 bits per heavy atom. The average molecular weight is 236 g/mol. The molecule has 0 bridgehead atoms. The molecule has 3 unspecified atom stereocenters. The fourth-order valence-electron chi connectivity index (χ4n) is 2.64. The maximum absolute atomic E-state index is 11.6. The molecule has 1 rings (SSSR count). The standard InChI is InChI=1S/C15H24O2/c1-6-11(2)7-8-15(17)12(3)9-13(16)10-14(15,4)5/h6-8,11-12,17H,1,9-10H2,2-5H3/b8-7+. The summed E-state index contributed by atoms with van der Waals surface area (Å²) >= 11 is 0. The fraction of sp³-hybridized carbons (Fsp3) is 0.667. The quantitative estimate of drug-likeness (QED) is 0.764. The van der Waals surface area contributed by atoms with E-state index >= 15 is 0 Å². The van der Waals surface area contributed by atoms with Crippen LogP contribution in [0.15, 0.2) is 24.8 Å². The predicted molar refractivity (Wildman–Crippen MR) is 70.6 cm³/mol. The van der Waals surface area contributed by atoms with Crippen molar-refractivity contribution in [3.05, 3.63) is 24.8 Å². The lowest BCUT2D eigenvalue weighted by atomic mass is 9.60. The van der Waals surface area contributed by atoms with Gasteiger partial charge in [-0.25, -0.2) is 0 Å². The van der Waals surface area contributed by atoms with Crippen molar-refractivity contribution in [3.63, 3.8) is 0 Å². The molecule has 1 saturated carbocycles. The van der Waals surface area contributed by atoms with Crippen LogP contribution in [-0.2, 0) is 4.79 Å². The Morgan fingerprint density at radius 3 is 2.59 bits per heavy atom. The van der Waals surface area contributed by atoms with Crippen molar-refractivity contribution >= 4 is 5.78 Å². The molecule has 3 atom stereocenters. The molecule has 0 saturated heterocycles. The van der Waals surface area contributed by atoms with Crippen LogP contribution in [0.4, 0.5) is 0 Å². The van der Waals surface area contributed by atoms with Gasteiger partial charge in [-0.3, -0.25) is 4.79 Å². The van der Waals surface area contributed by atoms with Crippen molar-refractivity contribution in [2.24, 2.45) is 17.3 Å². The van der Waals surface area contributed by atoms with E-state index in [9.17, 15) is 9.90 Å². The van der Waals surface area contributed by atoms with Crippen LogP contribution in [0.1, 0.15) is 40.5 Å². The van der Waals surface area contributed by atoms with Crippen LogP contribution >= 0.6 is 0 Å². The van der Waals surface area contributed by atoms with Crippen molar-refractivity contribution in [1.82, 2.24) is 0 Å². The number of carbonyl (C=O) groups is 1. The molecule has 0 aromatic rings. The second kappa shape index (κ2) is 4.77. The minimum atomic E-state index is -0.905.